The van der Waals surface area contributed by atoms with Crippen molar-refractivity contribution in [1.29, 1.82) is 0 Å². The van der Waals surface area contributed by atoms with Crippen molar-refractivity contribution in [2.75, 3.05) is 0 Å². The lowest BCUT2D eigenvalue weighted by molar-refractivity contribution is -0.130. The van der Waals surface area contributed by atoms with Crippen LogP contribution in [-0.4, -0.2) is 35.0 Å². The molecule has 1 aliphatic carbocycles. The van der Waals surface area contributed by atoms with Crippen LogP contribution < -0.4 is 5.32 Å². The molecule has 7 nitrogen and oxygen atoms in total. The van der Waals surface area contributed by atoms with Crippen molar-refractivity contribution >= 4 is 17.8 Å². The molecule has 1 fully saturated rings. The zero-order valence-corrected chi connectivity index (χ0v) is 17.1. The Bertz CT molecular complexity index is 913. The number of carbonyl (C=O) groups excluding carboxylic acids is 3. The second-order valence-corrected chi connectivity index (χ2v) is 7.56. The summed E-state index contributed by atoms with van der Waals surface area (Å²) in [6, 6.07) is 9.01. The first kappa shape index (κ1) is 20.6. The molecule has 2 N–H and O–H groups in total. The van der Waals surface area contributed by atoms with Crippen molar-refractivity contribution in [3.63, 3.8) is 0 Å². The zero-order valence-electron chi connectivity index (χ0n) is 17.1. The Hall–Kier alpha value is -3.09. The first-order chi connectivity index (χ1) is 13.8. The van der Waals surface area contributed by atoms with Crippen LogP contribution in [0, 0.1) is 13.8 Å². The minimum atomic E-state index is -1.07. The fraction of sp³-hybridized carbons (Fsp3) is 0.409. The van der Waals surface area contributed by atoms with Crippen LogP contribution in [0.2, 0.25) is 0 Å². The molecule has 2 aromatic rings. The van der Waals surface area contributed by atoms with E-state index >= 15 is 0 Å². The molecular formula is C22H26N2O5. The maximum atomic E-state index is 12.9. The molecule has 0 bridgehead atoms. The highest BCUT2D eigenvalue weighted by molar-refractivity contribution is 5.99. The number of hydrogen-bond donors (Lipinski definition) is 2. The van der Waals surface area contributed by atoms with Crippen molar-refractivity contribution in [2.45, 2.75) is 58.8 Å². The maximum absolute atomic E-state index is 12.9. The fourth-order valence-electron chi connectivity index (χ4n) is 3.10. The summed E-state index contributed by atoms with van der Waals surface area (Å²) in [5.74, 6) is -1.56. The molecule has 0 spiro atoms. The molecule has 0 aliphatic heterocycles. The Labute approximate surface area is 169 Å². The molecule has 1 aromatic heterocycles. The maximum Gasteiger partial charge on any atom is 0.356 e. The molecule has 0 unspecified atom stereocenters. The van der Waals surface area contributed by atoms with E-state index in [1.807, 2.05) is 6.07 Å². The van der Waals surface area contributed by atoms with Gasteiger partial charge < -0.3 is 19.8 Å². The van der Waals surface area contributed by atoms with Gasteiger partial charge in [-0.05, 0) is 46.1 Å². The minimum absolute atomic E-state index is 0.137. The zero-order chi connectivity index (χ0) is 21.1. The van der Waals surface area contributed by atoms with Crippen molar-refractivity contribution in [3.8, 4) is 0 Å². The normalized spacial score (nSPS) is 14.4. The van der Waals surface area contributed by atoms with Crippen LogP contribution in [-0.2, 0) is 14.3 Å². The second kappa shape index (κ2) is 8.51. The van der Waals surface area contributed by atoms with Crippen LogP contribution in [0.4, 0.5) is 0 Å². The van der Waals surface area contributed by atoms with Crippen LogP contribution in [0.5, 0.6) is 0 Å². The van der Waals surface area contributed by atoms with E-state index < -0.39 is 18.0 Å². The summed E-state index contributed by atoms with van der Waals surface area (Å²) in [6.07, 6.45) is 0.507. The van der Waals surface area contributed by atoms with Gasteiger partial charge in [0.1, 0.15) is 5.69 Å². The highest BCUT2D eigenvalue weighted by Gasteiger charge is 2.32. The van der Waals surface area contributed by atoms with Gasteiger partial charge in [-0.25, -0.2) is 9.59 Å². The largest absolute Gasteiger partial charge is 0.459 e. The second-order valence-electron chi connectivity index (χ2n) is 7.56. The molecule has 1 aromatic carbocycles. The highest BCUT2D eigenvalue weighted by Crippen LogP contribution is 2.26. The molecule has 154 valence electrons. The molecular weight excluding hydrogens is 372 g/mol. The van der Waals surface area contributed by atoms with Gasteiger partial charge in [0.2, 0.25) is 6.10 Å². The van der Waals surface area contributed by atoms with Gasteiger partial charge in [0.05, 0.1) is 11.7 Å². The third-order valence-corrected chi connectivity index (χ3v) is 4.68. The van der Waals surface area contributed by atoms with E-state index in [-0.39, 0.29) is 23.7 Å². The van der Waals surface area contributed by atoms with Gasteiger partial charge in [0.15, 0.2) is 0 Å². The number of aryl methyl sites for hydroxylation is 1. The number of carbonyl (C=O) groups is 3. The average molecular weight is 398 g/mol. The lowest BCUT2D eigenvalue weighted by Crippen LogP contribution is -2.33. The minimum Gasteiger partial charge on any atom is -0.459 e. The van der Waals surface area contributed by atoms with Gasteiger partial charge in [0.25, 0.3) is 5.91 Å². The van der Waals surface area contributed by atoms with E-state index in [1.54, 1.807) is 52.0 Å². The number of aromatic nitrogens is 1. The number of benzene rings is 1. The lowest BCUT2D eigenvalue weighted by atomic mass is 10.1. The molecule has 29 heavy (non-hydrogen) atoms. The van der Waals surface area contributed by atoms with Crippen molar-refractivity contribution in [3.05, 3.63) is 58.4 Å². The summed E-state index contributed by atoms with van der Waals surface area (Å²) in [4.78, 5) is 40.8. The molecule has 1 heterocycles. The van der Waals surface area contributed by atoms with E-state index in [9.17, 15) is 14.4 Å². The monoisotopic (exact) mass is 398 g/mol. The van der Waals surface area contributed by atoms with Crippen molar-refractivity contribution in [1.82, 2.24) is 10.3 Å². The van der Waals surface area contributed by atoms with E-state index in [0.29, 0.717) is 22.4 Å². The Morgan fingerprint density at radius 1 is 1.03 bits per heavy atom. The molecule has 0 saturated heterocycles. The number of ether oxygens (including phenoxy) is 2. The molecule has 1 aliphatic rings. The number of nitrogens with one attached hydrogen (secondary N) is 2. The highest BCUT2D eigenvalue weighted by atomic mass is 16.6. The summed E-state index contributed by atoms with van der Waals surface area (Å²) < 4.78 is 10.8. The number of esters is 2. The number of amides is 1. The first-order valence-corrected chi connectivity index (χ1v) is 9.74. The quantitative estimate of drug-likeness (QED) is 0.697. The van der Waals surface area contributed by atoms with E-state index in [4.69, 9.17) is 9.47 Å². The topological polar surface area (TPSA) is 97.5 Å². The van der Waals surface area contributed by atoms with Gasteiger partial charge >= 0.3 is 11.9 Å². The van der Waals surface area contributed by atoms with Gasteiger partial charge in [-0.3, -0.25) is 4.79 Å². The van der Waals surface area contributed by atoms with Crippen LogP contribution in [0.1, 0.15) is 70.5 Å². The van der Waals surface area contributed by atoms with E-state index in [2.05, 4.69) is 10.3 Å². The SMILES string of the molecule is Cc1[nH]c(C(=O)O[C@@H](C(=O)NC2CC2)c2ccccc2)c(C)c1C(=O)OC(C)C. The predicted molar refractivity (Wildman–Crippen MR) is 107 cm³/mol. The summed E-state index contributed by atoms with van der Waals surface area (Å²) in [5, 5.41) is 2.88. The van der Waals surface area contributed by atoms with Crippen molar-refractivity contribution in [2.24, 2.45) is 0 Å². The van der Waals surface area contributed by atoms with Crippen LogP contribution in [0.3, 0.4) is 0 Å². The predicted octanol–water partition coefficient (Wildman–Crippen LogP) is 3.37. The molecule has 1 saturated carbocycles. The first-order valence-electron chi connectivity index (χ1n) is 9.74. The molecule has 0 radical (unpaired) electrons. The summed E-state index contributed by atoms with van der Waals surface area (Å²) in [6.45, 7) is 6.86. The standard InChI is InChI=1S/C22H26N2O5/c1-12(2)28-21(26)17-13(3)18(23-14(17)4)22(27)29-19(15-8-6-5-7-9-15)20(25)24-16-10-11-16/h5-9,12,16,19,23H,10-11H2,1-4H3,(H,24,25)/t19-/m1/s1. The van der Waals surface area contributed by atoms with Crippen LogP contribution >= 0.6 is 0 Å². The smallest absolute Gasteiger partial charge is 0.356 e. The summed E-state index contributed by atoms with van der Waals surface area (Å²) in [5.41, 5.74) is 1.98. The molecule has 7 heteroatoms. The fourth-order valence-corrected chi connectivity index (χ4v) is 3.10. The number of H-pyrrole nitrogens is 1. The van der Waals surface area contributed by atoms with E-state index in [1.165, 1.54) is 0 Å². The van der Waals surface area contributed by atoms with Crippen LogP contribution in [0.25, 0.3) is 0 Å². The molecule has 3 rings (SSSR count). The summed E-state index contributed by atoms with van der Waals surface area (Å²) >= 11 is 0. The average Bonchev–Trinajstić information content (AvgIpc) is 3.42. The van der Waals surface area contributed by atoms with Gasteiger partial charge in [-0.1, -0.05) is 30.3 Å². The Morgan fingerprint density at radius 2 is 1.69 bits per heavy atom. The Balaban J connectivity index is 1.84. The van der Waals surface area contributed by atoms with E-state index in [0.717, 1.165) is 12.8 Å². The number of aromatic amines is 1. The third-order valence-electron chi connectivity index (χ3n) is 4.68. The number of rotatable bonds is 7. The third kappa shape index (κ3) is 4.85. The van der Waals surface area contributed by atoms with Crippen LogP contribution in [0.15, 0.2) is 30.3 Å². The van der Waals surface area contributed by atoms with Gasteiger partial charge in [0, 0.05) is 17.3 Å². The van der Waals surface area contributed by atoms with Gasteiger partial charge in [-0.2, -0.15) is 0 Å². The Morgan fingerprint density at radius 3 is 2.28 bits per heavy atom. The Kier molecular flexibility index (Phi) is 6.06. The number of hydrogen-bond acceptors (Lipinski definition) is 5. The van der Waals surface area contributed by atoms with Crippen molar-refractivity contribution < 1.29 is 23.9 Å². The molecule has 1 atom stereocenters. The van der Waals surface area contributed by atoms with Gasteiger partial charge in [-0.15, -0.1) is 0 Å². The molecule has 1 amide bonds. The lowest BCUT2D eigenvalue weighted by Gasteiger charge is -2.18. The summed E-state index contributed by atoms with van der Waals surface area (Å²) in [7, 11) is 0.